The predicted octanol–water partition coefficient (Wildman–Crippen LogP) is 4.73. The maximum absolute atomic E-state index is 13.1. The summed E-state index contributed by atoms with van der Waals surface area (Å²) in [5.41, 5.74) is 2.15. The van der Waals surface area contributed by atoms with Crippen LogP contribution in [-0.2, 0) is 20.9 Å². The van der Waals surface area contributed by atoms with Crippen molar-refractivity contribution in [1.29, 1.82) is 0 Å². The number of hydrogen-bond donors (Lipinski definition) is 1. The van der Waals surface area contributed by atoms with Crippen LogP contribution in [-0.4, -0.2) is 49.1 Å². The third kappa shape index (κ3) is 5.26. The molecule has 7 nitrogen and oxygen atoms in total. The van der Waals surface area contributed by atoms with Crippen molar-refractivity contribution >= 4 is 17.4 Å². The minimum atomic E-state index is -0.779. The van der Waals surface area contributed by atoms with Crippen LogP contribution in [0.5, 0.6) is 11.5 Å². The van der Waals surface area contributed by atoms with Gasteiger partial charge in [-0.25, -0.2) is 0 Å². The summed E-state index contributed by atoms with van der Waals surface area (Å²) in [7, 11) is 3.12. The monoisotopic (exact) mass is 487 g/mol. The Hall–Kier alpha value is -4.10. The summed E-state index contributed by atoms with van der Waals surface area (Å²) in [4.78, 5) is 27.7. The molecular formula is C29H29NO6. The molecule has 0 saturated carbocycles. The molecule has 1 aliphatic rings. The van der Waals surface area contributed by atoms with Crippen molar-refractivity contribution in [3.05, 3.63) is 101 Å². The van der Waals surface area contributed by atoms with Crippen molar-refractivity contribution in [2.24, 2.45) is 0 Å². The molecular weight excluding hydrogens is 458 g/mol. The second-order valence-corrected chi connectivity index (χ2v) is 8.39. The number of aliphatic hydroxyl groups is 1. The van der Waals surface area contributed by atoms with Gasteiger partial charge in [-0.1, -0.05) is 66.7 Å². The van der Waals surface area contributed by atoms with Crippen molar-refractivity contribution in [3.8, 4) is 11.5 Å². The molecule has 1 fully saturated rings. The molecule has 0 bridgehead atoms. The molecule has 4 rings (SSSR count). The number of nitrogens with zero attached hydrogens (tertiary/aromatic N) is 1. The first-order chi connectivity index (χ1) is 17.5. The third-order valence-corrected chi connectivity index (χ3v) is 6.08. The Kier molecular flexibility index (Phi) is 8.02. The molecule has 7 heteroatoms. The lowest BCUT2D eigenvalue weighted by molar-refractivity contribution is -0.140. The topological polar surface area (TPSA) is 85.3 Å². The van der Waals surface area contributed by atoms with Gasteiger partial charge in [0.05, 0.1) is 18.7 Å². The van der Waals surface area contributed by atoms with Crippen molar-refractivity contribution in [3.63, 3.8) is 0 Å². The normalized spacial score (nSPS) is 16.8. The number of likely N-dealkylation sites (tertiary alicyclic amines) is 1. The maximum Gasteiger partial charge on any atom is 0.295 e. The highest BCUT2D eigenvalue weighted by Gasteiger charge is 2.46. The zero-order valence-corrected chi connectivity index (χ0v) is 20.3. The van der Waals surface area contributed by atoms with E-state index in [2.05, 4.69) is 0 Å². The average molecular weight is 488 g/mol. The number of methoxy groups -OCH3 is 2. The van der Waals surface area contributed by atoms with Gasteiger partial charge in [-0.15, -0.1) is 0 Å². The molecule has 186 valence electrons. The molecule has 3 aromatic carbocycles. The minimum absolute atomic E-state index is 0.0450. The molecule has 3 aromatic rings. The summed E-state index contributed by atoms with van der Waals surface area (Å²) in [5.74, 6) is -0.592. The number of carbonyl (C=O) groups excluding carboxylic acids is 2. The molecule has 1 aliphatic heterocycles. The van der Waals surface area contributed by atoms with Gasteiger partial charge >= 0.3 is 0 Å². The molecule has 0 unspecified atom stereocenters. The molecule has 1 atom stereocenters. The molecule has 0 aliphatic carbocycles. The summed E-state index contributed by atoms with van der Waals surface area (Å²) < 4.78 is 16.7. The highest BCUT2D eigenvalue weighted by atomic mass is 16.5. The first-order valence-electron chi connectivity index (χ1n) is 11.7. The zero-order chi connectivity index (χ0) is 25.5. The Bertz CT molecular complexity index is 1240. The summed E-state index contributed by atoms with van der Waals surface area (Å²) in [5, 5.41) is 11.1. The van der Waals surface area contributed by atoms with Crippen LogP contribution in [0.15, 0.2) is 84.4 Å². The Morgan fingerprint density at radius 2 is 1.61 bits per heavy atom. The van der Waals surface area contributed by atoms with Gasteiger partial charge in [0.1, 0.15) is 12.4 Å². The van der Waals surface area contributed by atoms with Crippen LogP contribution in [0.1, 0.15) is 29.2 Å². The molecule has 1 heterocycles. The molecule has 0 spiro atoms. The Morgan fingerprint density at radius 1 is 0.917 bits per heavy atom. The standard InChI is InChI=1S/C29H29NO6/c1-34-17-9-16-30-26(25(28(32)29(30)33)27(31)21-12-7-4-8-13-21)22-14-15-23(24(18-22)35-2)36-19-20-10-5-3-6-11-20/h3-8,10-15,18,26,31H,9,16-17,19H2,1-2H3/t26-/m1/s1. The van der Waals surface area contributed by atoms with E-state index in [-0.39, 0.29) is 11.3 Å². The van der Waals surface area contributed by atoms with Gasteiger partial charge in [0, 0.05) is 25.8 Å². The number of amides is 1. The van der Waals surface area contributed by atoms with Crippen molar-refractivity contribution in [2.75, 3.05) is 27.4 Å². The Morgan fingerprint density at radius 3 is 2.28 bits per heavy atom. The first-order valence-corrected chi connectivity index (χ1v) is 11.7. The fraction of sp³-hybridized carbons (Fsp3) is 0.241. The van der Waals surface area contributed by atoms with E-state index in [9.17, 15) is 14.7 Å². The first kappa shape index (κ1) is 25.0. The highest BCUT2D eigenvalue weighted by Crippen LogP contribution is 2.42. The minimum Gasteiger partial charge on any atom is -0.507 e. The molecule has 36 heavy (non-hydrogen) atoms. The van der Waals surface area contributed by atoms with Gasteiger partial charge < -0.3 is 24.2 Å². The third-order valence-electron chi connectivity index (χ3n) is 6.08. The van der Waals surface area contributed by atoms with E-state index in [0.29, 0.717) is 48.8 Å². The maximum atomic E-state index is 13.1. The number of Topliss-reactive ketones (excluding diaryl/α,β-unsaturated/α-hetero) is 1. The Balaban J connectivity index is 1.73. The van der Waals surface area contributed by atoms with Crippen molar-refractivity contribution < 1.29 is 28.9 Å². The van der Waals surface area contributed by atoms with Gasteiger partial charge in [0.25, 0.3) is 11.7 Å². The average Bonchev–Trinajstić information content (AvgIpc) is 3.17. The van der Waals surface area contributed by atoms with E-state index in [0.717, 1.165) is 5.56 Å². The van der Waals surface area contributed by atoms with Crippen LogP contribution in [0, 0.1) is 0 Å². The molecule has 1 saturated heterocycles. The molecule has 1 amide bonds. The number of rotatable bonds is 10. The predicted molar refractivity (Wildman–Crippen MR) is 136 cm³/mol. The molecule has 0 aromatic heterocycles. The van der Waals surface area contributed by atoms with E-state index in [4.69, 9.17) is 14.2 Å². The van der Waals surface area contributed by atoms with E-state index in [1.165, 1.54) is 12.0 Å². The van der Waals surface area contributed by atoms with Gasteiger partial charge in [0.15, 0.2) is 11.5 Å². The van der Waals surface area contributed by atoms with Crippen molar-refractivity contribution in [1.82, 2.24) is 4.90 Å². The van der Waals surface area contributed by atoms with E-state index < -0.39 is 17.7 Å². The lowest BCUT2D eigenvalue weighted by Gasteiger charge is -2.26. The van der Waals surface area contributed by atoms with E-state index >= 15 is 0 Å². The Labute approximate surface area is 210 Å². The number of aliphatic hydroxyl groups excluding tert-OH is 1. The van der Waals surface area contributed by atoms with Crippen LogP contribution >= 0.6 is 0 Å². The number of carbonyl (C=O) groups is 2. The van der Waals surface area contributed by atoms with E-state index in [1.807, 2.05) is 36.4 Å². The quantitative estimate of drug-likeness (QED) is 0.193. The fourth-order valence-corrected chi connectivity index (χ4v) is 4.30. The number of ketones is 1. The summed E-state index contributed by atoms with van der Waals surface area (Å²) >= 11 is 0. The number of ether oxygens (including phenoxy) is 3. The summed E-state index contributed by atoms with van der Waals surface area (Å²) in [6.45, 7) is 1.09. The van der Waals surface area contributed by atoms with Crippen LogP contribution < -0.4 is 9.47 Å². The summed E-state index contributed by atoms with van der Waals surface area (Å²) in [6, 6.07) is 23.0. The zero-order valence-electron chi connectivity index (χ0n) is 20.3. The summed E-state index contributed by atoms with van der Waals surface area (Å²) in [6.07, 6.45) is 0.542. The SMILES string of the molecule is COCCCN1C(=O)C(=O)C(=C(O)c2ccccc2)[C@H]1c1ccc(OCc2ccccc2)c(OC)c1. The fourth-order valence-electron chi connectivity index (χ4n) is 4.30. The van der Waals surface area contributed by atoms with Crippen LogP contribution in [0.25, 0.3) is 5.76 Å². The van der Waals surface area contributed by atoms with Gasteiger partial charge in [0.2, 0.25) is 0 Å². The van der Waals surface area contributed by atoms with E-state index in [1.54, 1.807) is 49.6 Å². The van der Waals surface area contributed by atoms with Crippen LogP contribution in [0.3, 0.4) is 0 Å². The van der Waals surface area contributed by atoms with Crippen molar-refractivity contribution in [2.45, 2.75) is 19.1 Å². The van der Waals surface area contributed by atoms with Gasteiger partial charge in [-0.3, -0.25) is 9.59 Å². The second kappa shape index (κ2) is 11.6. The highest BCUT2D eigenvalue weighted by molar-refractivity contribution is 6.46. The van der Waals surface area contributed by atoms with Crippen LogP contribution in [0.2, 0.25) is 0 Å². The second-order valence-electron chi connectivity index (χ2n) is 8.39. The smallest absolute Gasteiger partial charge is 0.295 e. The lowest BCUT2D eigenvalue weighted by Crippen LogP contribution is -2.31. The molecule has 0 radical (unpaired) electrons. The lowest BCUT2D eigenvalue weighted by atomic mass is 9.95. The van der Waals surface area contributed by atoms with Crippen LogP contribution in [0.4, 0.5) is 0 Å². The molecule has 1 N–H and O–H groups in total. The largest absolute Gasteiger partial charge is 0.507 e. The number of hydrogen-bond acceptors (Lipinski definition) is 6. The number of benzene rings is 3. The van der Waals surface area contributed by atoms with Gasteiger partial charge in [-0.2, -0.15) is 0 Å². The van der Waals surface area contributed by atoms with Gasteiger partial charge in [-0.05, 0) is 29.7 Å².